The Morgan fingerprint density at radius 1 is 1.29 bits per heavy atom. The molecule has 0 aliphatic carbocycles. The minimum atomic E-state index is -0.281. The number of carbonyl (C=O) groups is 2. The molecule has 0 saturated carbocycles. The number of rotatable bonds is 5. The van der Waals surface area contributed by atoms with Crippen molar-refractivity contribution in [1.29, 1.82) is 0 Å². The summed E-state index contributed by atoms with van der Waals surface area (Å²) >= 11 is 4.07. The van der Waals surface area contributed by atoms with Crippen LogP contribution in [0.2, 0.25) is 0 Å². The Labute approximate surface area is 106 Å². The van der Waals surface area contributed by atoms with Gasteiger partial charge in [0.25, 0.3) is 0 Å². The van der Waals surface area contributed by atoms with Crippen LogP contribution in [0.15, 0.2) is 30.3 Å². The van der Waals surface area contributed by atoms with Crippen molar-refractivity contribution in [2.24, 2.45) is 0 Å². The van der Waals surface area contributed by atoms with Gasteiger partial charge in [0.1, 0.15) is 5.78 Å². The molecule has 90 valence electrons. The fraction of sp³-hybridized carbons (Fsp3) is 0.231. The average molecular weight is 249 g/mol. The van der Waals surface area contributed by atoms with Gasteiger partial charge in [-0.2, -0.15) is 12.6 Å². The molecule has 0 aliphatic rings. The number of anilines is 1. The zero-order chi connectivity index (χ0) is 12.7. The van der Waals surface area contributed by atoms with Crippen molar-refractivity contribution in [2.45, 2.75) is 13.3 Å². The van der Waals surface area contributed by atoms with Gasteiger partial charge in [0.2, 0.25) is 5.91 Å². The molecule has 4 heteroatoms. The van der Waals surface area contributed by atoms with Gasteiger partial charge in [-0.05, 0) is 24.6 Å². The normalized spacial score (nSPS) is 10.5. The minimum Gasteiger partial charge on any atom is -0.326 e. The van der Waals surface area contributed by atoms with Gasteiger partial charge in [0, 0.05) is 11.4 Å². The van der Waals surface area contributed by atoms with Crippen LogP contribution in [0, 0.1) is 0 Å². The van der Waals surface area contributed by atoms with E-state index in [1.165, 1.54) is 6.92 Å². The van der Waals surface area contributed by atoms with Crippen LogP contribution in [0.3, 0.4) is 0 Å². The Morgan fingerprint density at radius 3 is 2.47 bits per heavy atom. The first-order valence-electron chi connectivity index (χ1n) is 5.28. The number of hydrogen-bond donors (Lipinski definition) is 2. The van der Waals surface area contributed by atoms with Gasteiger partial charge >= 0.3 is 0 Å². The summed E-state index contributed by atoms with van der Waals surface area (Å²) in [5.41, 5.74) is 1.74. The highest BCUT2D eigenvalue weighted by atomic mass is 32.1. The van der Waals surface area contributed by atoms with Crippen LogP contribution >= 0.6 is 12.6 Å². The summed E-state index contributed by atoms with van der Waals surface area (Å²) in [6.07, 6.45) is 3.81. The van der Waals surface area contributed by atoms with E-state index in [0.29, 0.717) is 11.4 Å². The SMILES string of the molecule is CC(=O)CC(=O)Nc1ccc(C=CCS)cc1. The van der Waals surface area contributed by atoms with Gasteiger partial charge in [0.15, 0.2) is 0 Å². The van der Waals surface area contributed by atoms with Gasteiger partial charge < -0.3 is 5.32 Å². The lowest BCUT2D eigenvalue weighted by atomic mass is 10.2. The summed E-state index contributed by atoms with van der Waals surface area (Å²) in [5.74, 6) is 0.267. The summed E-state index contributed by atoms with van der Waals surface area (Å²) in [7, 11) is 0. The highest BCUT2D eigenvalue weighted by Gasteiger charge is 2.04. The molecule has 0 aromatic heterocycles. The second-order valence-corrected chi connectivity index (χ2v) is 4.00. The topological polar surface area (TPSA) is 46.2 Å². The highest BCUT2D eigenvalue weighted by Crippen LogP contribution is 2.11. The maximum atomic E-state index is 11.3. The van der Waals surface area contributed by atoms with Crippen LogP contribution in [0.4, 0.5) is 5.69 Å². The second kappa shape index (κ2) is 6.91. The fourth-order valence-corrected chi connectivity index (χ4v) is 1.40. The molecule has 17 heavy (non-hydrogen) atoms. The Bertz CT molecular complexity index is 424. The van der Waals surface area contributed by atoms with Crippen LogP contribution in [0.5, 0.6) is 0 Å². The summed E-state index contributed by atoms with van der Waals surface area (Å²) in [6.45, 7) is 1.39. The van der Waals surface area contributed by atoms with Crippen LogP contribution < -0.4 is 5.32 Å². The first kappa shape index (κ1) is 13.5. The van der Waals surface area contributed by atoms with Crippen LogP contribution in [-0.4, -0.2) is 17.4 Å². The lowest BCUT2D eigenvalue weighted by molar-refractivity contribution is -0.124. The van der Waals surface area contributed by atoms with Crippen molar-refractivity contribution >= 4 is 36.1 Å². The van der Waals surface area contributed by atoms with Crippen LogP contribution in [-0.2, 0) is 9.59 Å². The molecule has 1 rings (SSSR count). The van der Waals surface area contributed by atoms with Gasteiger partial charge in [-0.3, -0.25) is 9.59 Å². The predicted molar refractivity (Wildman–Crippen MR) is 73.3 cm³/mol. The molecule has 0 unspecified atom stereocenters. The van der Waals surface area contributed by atoms with E-state index in [9.17, 15) is 9.59 Å². The summed E-state index contributed by atoms with van der Waals surface area (Å²) < 4.78 is 0. The summed E-state index contributed by atoms with van der Waals surface area (Å²) in [6, 6.07) is 7.39. The maximum absolute atomic E-state index is 11.3. The van der Waals surface area contributed by atoms with Gasteiger partial charge in [0.05, 0.1) is 6.42 Å². The molecule has 3 nitrogen and oxygen atoms in total. The van der Waals surface area contributed by atoms with Crippen LogP contribution in [0.25, 0.3) is 6.08 Å². The Balaban J connectivity index is 2.59. The van der Waals surface area contributed by atoms with Crippen molar-refractivity contribution in [3.63, 3.8) is 0 Å². The van der Waals surface area contributed by atoms with E-state index in [0.717, 1.165) is 5.56 Å². The van der Waals surface area contributed by atoms with E-state index < -0.39 is 0 Å². The smallest absolute Gasteiger partial charge is 0.231 e. The highest BCUT2D eigenvalue weighted by molar-refractivity contribution is 7.80. The predicted octanol–water partition coefficient (Wildman–Crippen LogP) is 2.55. The Hall–Kier alpha value is -1.55. The zero-order valence-corrected chi connectivity index (χ0v) is 10.5. The summed E-state index contributed by atoms with van der Waals surface area (Å²) in [5, 5.41) is 2.66. The molecule has 0 radical (unpaired) electrons. The molecular weight excluding hydrogens is 234 g/mol. The second-order valence-electron chi connectivity index (χ2n) is 3.63. The molecule has 0 atom stereocenters. The average Bonchev–Trinajstić information content (AvgIpc) is 2.27. The third-order valence-electron chi connectivity index (χ3n) is 2.02. The fourth-order valence-electron chi connectivity index (χ4n) is 1.30. The molecule has 0 spiro atoms. The Kier molecular flexibility index (Phi) is 5.49. The number of hydrogen-bond acceptors (Lipinski definition) is 3. The van der Waals surface area contributed by atoms with Crippen molar-refractivity contribution in [2.75, 3.05) is 11.1 Å². The molecule has 0 aliphatic heterocycles. The molecular formula is C13H15NO2S. The van der Waals surface area contributed by atoms with Crippen molar-refractivity contribution in [3.05, 3.63) is 35.9 Å². The molecule has 1 aromatic rings. The molecule has 0 fully saturated rings. The van der Waals surface area contributed by atoms with Crippen molar-refractivity contribution in [3.8, 4) is 0 Å². The van der Waals surface area contributed by atoms with Crippen molar-refractivity contribution in [1.82, 2.24) is 0 Å². The lowest BCUT2D eigenvalue weighted by Gasteiger charge is -2.03. The zero-order valence-electron chi connectivity index (χ0n) is 9.64. The molecule has 0 bridgehead atoms. The molecule has 0 heterocycles. The largest absolute Gasteiger partial charge is 0.326 e. The first-order valence-corrected chi connectivity index (χ1v) is 5.92. The molecule has 1 amide bonds. The molecule has 0 saturated heterocycles. The number of Topliss-reactive ketones (excluding diaryl/α,β-unsaturated/α-hetero) is 1. The number of amides is 1. The molecule has 1 N–H and O–H groups in total. The third kappa shape index (κ3) is 5.36. The minimum absolute atomic E-state index is 0.0820. The van der Waals surface area contributed by atoms with Crippen molar-refractivity contribution < 1.29 is 9.59 Å². The third-order valence-corrected chi connectivity index (χ3v) is 2.23. The van der Waals surface area contributed by atoms with E-state index in [-0.39, 0.29) is 18.1 Å². The standard InChI is InChI=1S/C13H15NO2S/c1-10(15)9-13(16)14-12-6-4-11(5-7-12)3-2-8-17/h2-7,17H,8-9H2,1H3,(H,14,16). The van der Waals surface area contributed by atoms with E-state index in [4.69, 9.17) is 0 Å². The van der Waals surface area contributed by atoms with E-state index in [1.54, 1.807) is 12.1 Å². The number of nitrogens with one attached hydrogen (secondary N) is 1. The maximum Gasteiger partial charge on any atom is 0.231 e. The molecule has 1 aromatic carbocycles. The first-order chi connectivity index (χ1) is 8.11. The van der Waals surface area contributed by atoms with Crippen LogP contribution in [0.1, 0.15) is 18.9 Å². The number of benzene rings is 1. The monoisotopic (exact) mass is 249 g/mol. The summed E-state index contributed by atoms with van der Waals surface area (Å²) in [4.78, 5) is 22.1. The van der Waals surface area contributed by atoms with E-state index in [1.807, 2.05) is 24.3 Å². The number of carbonyl (C=O) groups excluding carboxylic acids is 2. The quantitative estimate of drug-likeness (QED) is 0.622. The Morgan fingerprint density at radius 2 is 1.94 bits per heavy atom. The van der Waals surface area contributed by atoms with Gasteiger partial charge in [-0.25, -0.2) is 0 Å². The van der Waals surface area contributed by atoms with E-state index in [2.05, 4.69) is 17.9 Å². The number of thiol groups is 1. The number of ketones is 1. The lowest BCUT2D eigenvalue weighted by Crippen LogP contribution is -2.14. The van der Waals surface area contributed by atoms with Gasteiger partial charge in [-0.15, -0.1) is 0 Å². The van der Waals surface area contributed by atoms with E-state index >= 15 is 0 Å². The van der Waals surface area contributed by atoms with Gasteiger partial charge in [-0.1, -0.05) is 24.3 Å².